The molecule has 0 aliphatic heterocycles. The number of para-hydroxylation sites is 8. The standard InChI is InChI=1S/C39H23N7/c40-24-25-21-22-36-37(23-25)45-33-18-8-4-14-29(33)42-39(45)46(38-41-28-13-3-7-17-32(28)44(36)38)35-20-10-9-19-34(35)43-30-15-5-1-11-26(30)27-12-2-6-16-31(27)43/h1-23H. The SMILES string of the molecule is N#Cc1ccc2c(c1)n1c3ccccc3nc1n(-c1ccccc1-n1c3ccccc3c3ccccc31)c1nc3ccccc3n21. The Labute approximate surface area is 261 Å². The molecule has 0 spiro atoms. The van der Waals surface area contributed by atoms with Gasteiger partial charge >= 0.3 is 0 Å². The van der Waals surface area contributed by atoms with Crippen molar-refractivity contribution in [2.45, 2.75) is 0 Å². The zero-order chi connectivity index (χ0) is 30.4. The van der Waals surface area contributed by atoms with E-state index in [0.29, 0.717) is 11.3 Å². The van der Waals surface area contributed by atoms with E-state index in [2.05, 4.69) is 109 Å². The molecule has 0 fully saturated rings. The van der Waals surface area contributed by atoms with Crippen LogP contribution in [0.3, 0.4) is 0 Å². The molecule has 7 heteroatoms. The Morgan fingerprint density at radius 1 is 0.435 bits per heavy atom. The number of hydrogen-bond acceptors (Lipinski definition) is 3. The van der Waals surface area contributed by atoms with Gasteiger partial charge in [-0.25, -0.2) is 14.5 Å². The third-order valence-electron chi connectivity index (χ3n) is 9.02. The molecule has 0 atom stereocenters. The number of rotatable bonds is 2. The Morgan fingerprint density at radius 2 is 0.913 bits per heavy atom. The molecule has 4 aromatic heterocycles. The van der Waals surface area contributed by atoms with Crippen LogP contribution in [-0.2, 0) is 0 Å². The summed E-state index contributed by atoms with van der Waals surface area (Å²) < 4.78 is 8.87. The Morgan fingerprint density at radius 3 is 1.50 bits per heavy atom. The van der Waals surface area contributed by atoms with Gasteiger partial charge in [0.25, 0.3) is 0 Å². The van der Waals surface area contributed by atoms with Crippen LogP contribution in [-0.4, -0.2) is 27.9 Å². The van der Waals surface area contributed by atoms with E-state index in [1.165, 1.54) is 10.8 Å². The molecule has 0 bridgehead atoms. The van der Waals surface area contributed by atoms with Gasteiger partial charge in [-0.05, 0) is 66.7 Å². The van der Waals surface area contributed by atoms with Crippen LogP contribution in [0.4, 0.5) is 0 Å². The van der Waals surface area contributed by atoms with E-state index in [0.717, 1.165) is 61.3 Å². The monoisotopic (exact) mass is 589 g/mol. The smallest absolute Gasteiger partial charge is 0.223 e. The quantitative estimate of drug-likeness (QED) is 0.202. The largest absolute Gasteiger partial charge is 0.307 e. The lowest BCUT2D eigenvalue weighted by molar-refractivity contribution is 1.00. The molecule has 7 nitrogen and oxygen atoms in total. The number of aromatic nitrogens is 6. The van der Waals surface area contributed by atoms with Gasteiger partial charge in [0.1, 0.15) is 0 Å². The fourth-order valence-corrected chi connectivity index (χ4v) is 7.09. The lowest BCUT2D eigenvalue weighted by Gasteiger charge is -2.15. The van der Waals surface area contributed by atoms with Crippen molar-refractivity contribution >= 4 is 66.5 Å². The zero-order valence-electron chi connectivity index (χ0n) is 24.4. The first kappa shape index (κ1) is 24.8. The summed E-state index contributed by atoms with van der Waals surface area (Å²) in [6.45, 7) is 0. The van der Waals surface area contributed by atoms with Crippen LogP contribution < -0.4 is 0 Å². The van der Waals surface area contributed by atoms with Crippen LogP contribution in [0, 0.1) is 11.3 Å². The fourth-order valence-electron chi connectivity index (χ4n) is 7.09. The van der Waals surface area contributed by atoms with E-state index in [-0.39, 0.29) is 0 Å². The van der Waals surface area contributed by atoms with E-state index in [9.17, 15) is 5.26 Å². The van der Waals surface area contributed by atoms with Gasteiger partial charge < -0.3 is 4.57 Å². The third kappa shape index (κ3) is 3.24. The predicted octanol–water partition coefficient (Wildman–Crippen LogP) is 8.76. The molecular formula is C39H23N7. The Bertz CT molecular complexity index is 2890. The van der Waals surface area contributed by atoms with E-state index in [1.54, 1.807) is 0 Å². The van der Waals surface area contributed by atoms with Crippen molar-refractivity contribution in [1.29, 1.82) is 5.26 Å². The molecule has 0 unspecified atom stereocenters. The summed E-state index contributed by atoms with van der Waals surface area (Å²) in [7, 11) is 0. The highest BCUT2D eigenvalue weighted by Gasteiger charge is 2.22. The molecule has 10 aromatic rings. The van der Waals surface area contributed by atoms with E-state index < -0.39 is 0 Å². The Kier molecular flexibility index (Phi) is 4.94. The van der Waals surface area contributed by atoms with Crippen molar-refractivity contribution in [3.05, 3.63) is 145 Å². The number of fused-ring (bicyclic) bond motifs is 12. The van der Waals surface area contributed by atoms with Crippen molar-refractivity contribution in [2.24, 2.45) is 0 Å². The van der Waals surface area contributed by atoms with Gasteiger partial charge in [0.05, 0.1) is 67.1 Å². The first-order valence-electron chi connectivity index (χ1n) is 15.2. The van der Waals surface area contributed by atoms with Crippen LogP contribution in [0.5, 0.6) is 0 Å². The van der Waals surface area contributed by atoms with Gasteiger partial charge in [0.15, 0.2) is 0 Å². The molecule has 0 saturated carbocycles. The molecule has 0 amide bonds. The highest BCUT2D eigenvalue weighted by Crippen LogP contribution is 2.36. The maximum atomic E-state index is 9.99. The molecule has 214 valence electrons. The van der Waals surface area contributed by atoms with Crippen LogP contribution in [0.2, 0.25) is 0 Å². The molecule has 0 radical (unpaired) electrons. The van der Waals surface area contributed by atoms with Gasteiger partial charge in [-0.2, -0.15) is 5.26 Å². The molecule has 46 heavy (non-hydrogen) atoms. The first-order chi connectivity index (χ1) is 22.8. The number of nitriles is 1. The van der Waals surface area contributed by atoms with Crippen molar-refractivity contribution in [2.75, 3.05) is 0 Å². The highest BCUT2D eigenvalue weighted by molar-refractivity contribution is 6.09. The maximum Gasteiger partial charge on any atom is 0.223 e. The fraction of sp³-hybridized carbons (Fsp3) is 0. The maximum absolute atomic E-state index is 9.99. The van der Waals surface area contributed by atoms with E-state index >= 15 is 0 Å². The Balaban J connectivity index is 1.49. The summed E-state index contributed by atoms with van der Waals surface area (Å²) in [6.07, 6.45) is 0. The summed E-state index contributed by atoms with van der Waals surface area (Å²) in [5, 5.41) is 12.4. The van der Waals surface area contributed by atoms with Crippen LogP contribution in [0.25, 0.3) is 77.8 Å². The summed E-state index contributed by atoms with van der Waals surface area (Å²) in [6, 6.07) is 50.1. The van der Waals surface area contributed by atoms with Crippen LogP contribution in [0.1, 0.15) is 5.56 Å². The van der Waals surface area contributed by atoms with Gasteiger partial charge in [-0.1, -0.05) is 72.8 Å². The van der Waals surface area contributed by atoms with Crippen molar-refractivity contribution in [3.63, 3.8) is 0 Å². The topological polar surface area (TPSA) is 68.2 Å². The number of hydrogen-bond donors (Lipinski definition) is 0. The molecule has 6 aromatic carbocycles. The minimum absolute atomic E-state index is 0.576. The summed E-state index contributed by atoms with van der Waals surface area (Å²) >= 11 is 0. The summed E-state index contributed by atoms with van der Waals surface area (Å²) in [5.41, 5.74) is 10.2. The van der Waals surface area contributed by atoms with Crippen molar-refractivity contribution < 1.29 is 0 Å². The molecule has 0 aliphatic rings. The number of imidazole rings is 2. The van der Waals surface area contributed by atoms with Crippen LogP contribution >= 0.6 is 0 Å². The molecular weight excluding hydrogens is 566 g/mol. The lowest BCUT2D eigenvalue weighted by atomic mass is 10.2. The second-order valence-electron chi connectivity index (χ2n) is 11.5. The molecule has 0 N–H and O–H groups in total. The number of benzene rings is 6. The van der Waals surface area contributed by atoms with Crippen molar-refractivity contribution in [3.8, 4) is 17.4 Å². The Hall–Kier alpha value is -6.65. The predicted molar refractivity (Wildman–Crippen MR) is 184 cm³/mol. The first-order valence-corrected chi connectivity index (χ1v) is 15.2. The third-order valence-corrected chi connectivity index (χ3v) is 9.02. The molecule has 0 saturated heterocycles. The van der Waals surface area contributed by atoms with Crippen molar-refractivity contribution in [1.82, 2.24) is 27.9 Å². The van der Waals surface area contributed by atoms with Gasteiger partial charge in [-0.15, -0.1) is 0 Å². The number of nitrogens with zero attached hydrogens (tertiary/aromatic N) is 7. The van der Waals surface area contributed by atoms with Gasteiger partial charge in [-0.3, -0.25) is 8.80 Å². The zero-order valence-corrected chi connectivity index (χ0v) is 24.4. The lowest BCUT2D eigenvalue weighted by Crippen LogP contribution is -2.07. The molecule has 4 heterocycles. The van der Waals surface area contributed by atoms with E-state index in [4.69, 9.17) is 9.97 Å². The minimum atomic E-state index is 0.576. The highest BCUT2D eigenvalue weighted by atomic mass is 15.3. The van der Waals surface area contributed by atoms with E-state index in [1.807, 2.05) is 54.6 Å². The minimum Gasteiger partial charge on any atom is -0.307 e. The normalized spacial score (nSPS) is 11.9. The second kappa shape index (κ2) is 9.18. The summed E-state index contributed by atoms with van der Waals surface area (Å²) in [4.78, 5) is 10.6. The van der Waals surface area contributed by atoms with Gasteiger partial charge in [0, 0.05) is 10.8 Å². The average Bonchev–Trinajstić information content (AvgIpc) is 3.76. The summed E-state index contributed by atoms with van der Waals surface area (Å²) in [5.74, 6) is 1.41. The average molecular weight is 590 g/mol. The van der Waals surface area contributed by atoms with Crippen LogP contribution in [0.15, 0.2) is 140 Å². The molecule has 10 rings (SSSR count). The second-order valence-corrected chi connectivity index (χ2v) is 11.5. The van der Waals surface area contributed by atoms with Gasteiger partial charge in [0.2, 0.25) is 11.6 Å². The molecule has 0 aliphatic carbocycles.